The van der Waals surface area contributed by atoms with Crippen LogP contribution in [0.3, 0.4) is 0 Å². The number of nitrogens with zero attached hydrogens (tertiary/aromatic N) is 2. The van der Waals surface area contributed by atoms with Gasteiger partial charge in [-0.3, -0.25) is 10.1 Å². The van der Waals surface area contributed by atoms with Crippen molar-refractivity contribution >= 4 is 11.6 Å². The van der Waals surface area contributed by atoms with Gasteiger partial charge in [-0.2, -0.15) is 0 Å². The van der Waals surface area contributed by atoms with E-state index in [9.17, 15) is 4.79 Å². The van der Waals surface area contributed by atoms with Gasteiger partial charge in [0.05, 0.1) is 25.4 Å². The quantitative estimate of drug-likeness (QED) is 0.639. The van der Waals surface area contributed by atoms with Gasteiger partial charge in [-0.15, -0.1) is 0 Å². The van der Waals surface area contributed by atoms with E-state index in [-0.39, 0.29) is 11.9 Å². The van der Waals surface area contributed by atoms with Gasteiger partial charge in [0.15, 0.2) is 0 Å². The molecular formula is C26H29N3O2. The van der Waals surface area contributed by atoms with E-state index >= 15 is 0 Å². The van der Waals surface area contributed by atoms with Crippen molar-refractivity contribution in [1.82, 2.24) is 10.2 Å². The summed E-state index contributed by atoms with van der Waals surface area (Å²) in [5.41, 5.74) is 3.40. The van der Waals surface area contributed by atoms with Crippen LogP contribution >= 0.6 is 0 Å². The molecule has 0 atom stereocenters. The minimum absolute atomic E-state index is 0.0128. The fourth-order valence-corrected chi connectivity index (χ4v) is 4.11. The van der Waals surface area contributed by atoms with E-state index in [2.05, 4.69) is 40.5 Å². The summed E-state index contributed by atoms with van der Waals surface area (Å²) in [4.78, 5) is 17.2. The maximum atomic E-state index is 13.0. The topological polar surface area (TPSA) is 44.8 Å². The minimum atomic E-state index is -0.0128. The third-order valence-electron chi connectivity index (χ3n) is 5.78. The van der Waals surface area contributed by atoms with Crippen LogP contribution < -0.4 is 15.0 Å². The number of amides is 1. The molecule has 1 amide bonds. The molecule has 0 aromatic heterocycles. The molecule has 0 saturated carbocycles. The monoisotopic (exact) mass is 415 g/mol. The number of nitrogens with one attached hydrogen (secondary N) is 1. The summed E-state index contributed by atoms with van der Waals surface area (Å²) in [6, 6.07) is 28.6. The van der Waals surface area contributed by atoms with Crippen molar-refractivity contribution in [1.29, 1.82) is 0 Å². The van der Waals surface area contributed by atoms with E-state index in [1.165, 1.54) is 0 Å². The lowest BCUT2D eigenvalue weighted by atomic mass is 9.99. The third-order valence-corrected chi connectivity index (χ3v) is 5.78. The highest BCUT2D eigenvalue weighted by Crippen LogP contribution is 2.28. The second-order valence-electron chi connectivity index (χ2n) is 7.67. The van der Waals surface area contributed by atoms with Crippen LogP contribution in [0.15, 0.2) is 84.9 Å². The minimum Gasteiger partial charge on any atom is -0.495 e. The number of carbonyl (C=O) groups is 1. The molecule has 5 nitrogen and oxygen atoms in total. The van der Waals surface area contributed by atoms with Gasteiger partial charge in [0.2, 0.25) is 5.91 Å². The van der Waals surface area contributed by atoms with Crippen LogP contribution in [-0.4, -0.2) is 50.6 Å². The molecule has 0 bridgehead atoms. The molecule has 0 spiro atoms. The predicted octanol–water partition coefficient (Wildman–Crippen LogP) is 3.72. The van der Waals surface area contributed by atoms with E-state index in [0.717, 1.165) is 35.7 Å². The summed E-state index contributed by atoms with van der Waals surface area (Å²) in [7, 11) is 1.69. The summed E-state index contributed by atoms with van der Waals surface area (Å²) in [6.07, 6.45) is 0. The molecule has 1 aliphatic rings. The summed E-state index contributed by atoms with van der Waals surface area (Å²) >= 11 is 0. The Morgan fingerprint density at radius 1 is 0.839 bits per heavy atom. The number of para-hydroxylation sites is 2. The van der Waals surface area contributed by atoms with E-state index in [4.69, 9.17) is 4.74 Å². The van der Waals surface area contributed by atoms with Crippen molar-refractivity contribution in [2.75, 3.05) is 44.7 Å². The average molecular weight is 416 g/mol. The van der Waals surface area contributed by atoms with Gasteiger partial charge in [0.1, 0.15) is 5.75 Å². The van der Waals surface area contributed by atoms with Gasteiger partial charge in [0, 0.05) is 26.2 Å². The van der Waals surface area contributed by atoms with Crippen molar-refractivity contribution in [3.63, 3.8) is 0 Å². The highest BCUT2D eigenvalue weighted by molar-refractivity contribution is 5.78. The average Bonchev–Trinajstić information content (AvgIpc) is 2.85. The lowest BCUT2D eigenvalue weighted by Crippen LogP contribution is -2.51. The molecule has 160 valence electrons. The fraction of sp³-hybridized carbons (Fsp3) is 0.269. The van der Waals surface area contributed by atoms with Crippen molar-refractivity contribution in [3.8, 4) is 5.75 Å². The first-order chi connectivity index (χ1) is 15.3. The largest absolute Gasteiger partial charge is 0.495 e. The first-order valence-corrected chi connectivity index (χ1v) is 10.8. The molecule has 0 aliphatic carbocycles. The van der Waals surface area contributed by atoms with E-state index < -0.39 is 0 Å². The maximum Gasteiger partial charge on any atom is 0.236 e. The fourth-order valence-electron chi connectivity index (χ4n) is 4.11. The molecule has 3 aromatic carbocycles. The Labute approximate surface area is 184 Å². The molecule has 0 unspecified atom stereocenters. The summed E-state index contributed by atoms with van der Waals surface area (Å²) in [5, 5.41) is 3.49. The van der Waals surface area contributed by atoms with Gasteiger partial charge in [-0.05, 0) is 23.3 Å². The van der Waals surface area contributed by atoms with Crippen molar-refractivity contribution in [2.24, 2.45) is 0 Å². The van der Waals surface area contributed by atoms with Crippen LogP contribution in [0.1, 0.15) is 17.2 Å². The van der Waals surface area contributed by atoms with Crippen LogP contribution in [0.25, 0.3) is 0 Å². The number of anilines is 1. The number of carbonyl (C=O) groups excluding carboxylic acids is 1. The molecule has 5 heteroatoms. The number of hydrogen-bond donors (Lipinski definition) is 1. The van der Waals surface area contributed by atoms with E-state index in [1.807, 2.05) is 59.5 Å². The SMILES string of the molecule is COc1ccccc1N1CCN(C(=O)CNC(c2ccccc2)c2ccccc2)CC1. The Morgan fingerprint density at radius 2 is 1.39 bits per heavy atom. The first-order valence-electron chi connectivity index (χ1n) is 10.8. The predicted molar refractivity (Wildman–Crippen MR) is 125 cm³/mol. The molecule has 31 heavy (non-hydrogen) atoms. The van der Waals surface area contributed by atoms with E-state index in [1.54, 1.807) is 7.11 Å². The van der Waals surface area contributed by atoms with Crippen LogP contribution in [0, 0.1) is 0 Å². The molecular weight excluding hydrogens is 386 g/mol. The highest BCUT2D eigenvalue weighted by Gasteiger charge is 2.23. The lowest BCUT2D eigenvalue weighted by molar-refractivity contribution is -0.130. The zero-order valence-electron chi connectivity index (χ0n) is 17.9. The summed E-state index contributed by atoms with van der Waals surface area (Å²) in [5.74, 6) is 1.01. The zero-order chi connectivity index (χ0) is 21.5. The zero-order valence-corrected chi connectivity index (χ0v) is 17.9. The van der Waals surface area contributed by atoms with E-state index in [0.29, 0.717) is 19.6 Å². The van der Waals surface area contributed by atoms with Crippen LogP contribution in [0.2, 0.25) is 0 Å². The highest BCUT2D eigenvalue weighted by atomic mass is 16.5. The Hall–Kier alpha value is -3.31. The van der Waals surface area contributed by atoms with Crippen molar-refractivity contribution in [3.05, 3.63) is 96.1 Å². The summed E-state index contributed by atoms with van der Waals surface area (Å²) in [6.45, 7) is 3.32. The smallest absolute Gasteiger partial charge is 0.236 e. The number of rotatable bonds is 7. The Kier molecular flexibility index (Phi) is 6.85. The molecule has 1 N–H and O–H groups in total. The van der Waals surface area contributed by atoms with Crippen molar-refractivity contribution < 1.29 is 9.53 Å². The van der Waals surface area contributed by atoms with Gasteiger partial charge in [-0.25, -0.2) is 0 Å². The van der Waals surface area contributed by atoms with Gasteiger partial charge < -0.3 is 14.5 Å². The molecule has 3 aromatic rings. The van der Waals surface area contributed by atoms with Crippen LogP contribution in [-0.2, 0) is 4.79 Å². The second-order valence-corrected chi connectivity index (χ2v) is 7.67. The maximum absolute atomic E-state index is 13.0. The second kappa shape index (κ2) is 10.1. The van der Waals surface area contributed by atoms with Crippen LogP contribution in [0.5, 0.6) is 5.75 Å². The molecule has 1 fully saturated rings. The summed E-state index contributed by atoms with van der Waals surface area (Å²) < 4.78 is 5.49. The Balaban J connectivity index is 1.37. The molecule has 4 rings (SSSR count). The van der Waals surface area contributed by atoms with Crippen molar-refractivity contribution in [2.45, 2.75) is 6.04 Å². The number of ether oxygens (including phenoxy) is 1. The molecule has 0 radical (unpaired) electrons. The molecule has 1 saturated heterocycles. The van der Waals surface area contributed by atoms with Gasteiger partial charge >= 0.3 is 0 Å². The molecule has 1 heterocycles. The lowest BCUT2D eigenvalue weighted by Gasteiger charge is -2.37. The number of piperazine rings is 1. The number of methoxy groups -OCH3 is 1. The van der Waals surface area contributed by atoms with Gasteiger partial charge in [-0.1, -0.05) is 72.8 Å². The standard InChI is InChI=1S/C26H29N3O2/c1-31-24-15-9-8-14-23(24)28-16-18-29(19-17-28)25(30)20-27-26(21-10-4-2-5-11-21)22-12-6-3-7-13-22/h2-15,26-27H,16-20H2,1H3. The van der Waals surface area contributed by atoms with Gasteiger partial charge in [0.25, 0.3) is 0 Å². The van der Waals surface area contributed by atoms with Crippen LogP contribution in [0.4, 0.5) is 5.69 Å². The molecule has 1 aliphatic heterocycles. The number of benzene rings is 3. The Morgan fingerprint density at radius 3 is 1.97 bits per heavy atom. The third kappa shape index (κ3) is 5.06. The number of hydrogen-bond acceptors (Lipinski definition) is 4. The first kappa shape index (κ1) is 20.9. The normalized spacial score (nSPS) is 14.0. The Bertz CT molecular complexity index is 931.